The molecule has 128 valence electrons. The Morgan fingerprint density at radius 2 is 1.83 bits per heavy atom. The molecule has 2 aromatic rings. The zero-order chi connectivity index (χ0) is 17.5. The molecular weight excluding hydrogens is 312 g/mol. The molecule has 0 heterocycles. The van der Waals surface area contributed by atoms with Crippen LogP contribution in [-0.4, -0.2) is 11.0 Å². The highest BCUT2D eigenvalue weighted by molar-refractivity contribution is 5.78. The predicted octanol–water partition coefficient (Wildman–Crippen LogP) is 3.34. The lowest BCUT2D eigenvalue weighted by Crippen LogP contribution is -2.29. The van der Waals surface area contributed by atoms with Gasteiger partial charge in [-0.25, -0.2) is 8.78 Å². The number of amides is 1. The first-order valence-electron chi connectivity index (χ1n) is 7.90. The molecule has 0 fully saturated rings. The van der Waals surface area contributed by atoms with Crippen molar-refractivity contribution in [2.75, 3.05) is 0 Å². The van der Waals surface area contributed by atoms with E-state index in [1.165, 1.54) is 18.2 Å². The molecule has 1 amide bonds. The average molecular weight is 333 g/mol. The number of hydrogen-bond donors (Lipinski definition) is 2. The number of aliphatic hydroxyl groups is 1. The van der Waals surface area contributed by atoms with Crippen LogP contribution in [0.3, 0.4) is 0 Å². The van der Waals surface area contributed by atoms with Crippen LogP contribution in [0.15, 0.2) is 42.5 Å². The molecular formula is C19H21F2NO2. The molecule has 2 N–H and O–H groups in total. The van der Waals surface area contributed by atoms with E-state index in [1.807, 2.05) is 0 Å². The summed E-state index contributed by atoms with van der Waals surface area (Å²) in [5.74, 6) is -1.12. The van der Waals surface area contributed by atoms with Crippen molar-refractivity contribution in [2.24, 2.45) is 5.92 Å². The van der Waals surface area contributed by atoms with Gasteiger partial charge in [-0.1, -0.05) is 31.2 Å². The van der Waals surface area contributed by atoms with Gasteiger partial charge in [-0.15, -0.1) is 0 Å². The molecule has 3 nitrogen and oxygen atoms in total. The molecule has 0 radical (unpaired) electrons. The van der Waals surface area contributed by atoms with Crippen LogP contribution in [0.1, 0.15) is 30.0 Å². The molecule has 2 rings (SSSR count). The lowest BCUT2D eigenvalue weighted by molar-refractivity contribution is -0.124. The molecule has 1 unspecified atom stereocenters. The minimum Gasteiger partial charge on any atom is -0.392 e. The van der Waals surface area contributed by atoms with Gasteiger partial charge in [0.2, 0.25) is 5.91 Å². The van der Waals surface area contributed by atoms with Crippen molar-refractivity contribution < 1.29 is 18.7 Å². The Kier molecular flexibility index (Phi) is 6.44. The van der Waals surface area contributed by atoms with Crippen LogP contribution in [0, 0.1) is 17.6 Å². The summed E-state index contributed by atoms with van der Waals surface area (Å²) in [5.41, 5.74) is 1.52. The second-order valence-electron chi connectivity index (χ2n) is 5.83. The SMILES string of the molecule is CC(CCc1ccccc1F)C(=O)NCc1ccc(F)c(CO)c1. The first kappa shape index (κ1) is 18.1. The summed E-state index contributed by atoms with van der Waals surface area (Å²) < 4.78 is 26.9. The van der Waals surface area contributed by atoms with Gasteiger partial charge in [0.05, 0.1) is 6.61 Å². The highest BCUT2D eigenvalue weighted by Crippen LogP contribution is 2.14. The van der Waals surface area contributed by atoms with E-state index in [2.05, 4.69) is 5.32 Å². The van der Waals surface area contributed by atoms with Gasteiger partial charge in [-0.2, -0.15) is 0 Å². The number of nitrogens with one attached hydrogen (secondary N) is 1. The van der Waals surface area contributed by atoms with Crippen LogP contribution in [0.4, 0.5) is 8.78 Å². The van der Waals surface area contributed by atoms with Gasteiger partial charge in [-0.3, -0.25) is 4.79 Å². The summed E-state index contributed by atoms with van der Waals surface area (Å²) in [6.45, 7) is 1.67. The third kappa shape index (κ3) is 4.86. The Morgan fingerprint density at radius 1 is 1.12 bits per heavy atom. The van der Waals surface area contributed by atoms with Gasteiger partial charge in [0, 0.05) is 18.0 Å². The van der Waals surface area contributed by atoms with Crippen molar-refractivity contribution in [2.45, 2.75) is 32.9 Å². The summed E-state index contributed by atoms with van der Waals surface area (Å²) in [4.78, 5) is 12.1. The third-order valence-electron chi connectivity index (χ3n) is 4.00. The van der Waals surface area contributed by atoms with Crippen LogP contribution in [0.2, 0.25) is 0 Å². The van der Waals surface area contributed by atoms with Crippen molar-refractivity contribution in [1.82, 2.24) is 5.32 Å². The Bertz CT molecular complexity index is 704. The number of benzene rings is 2. The fourth-order valence-corrected chi connectivity index (χ4v) is 2.43. The molecule has 0 aliphatic carbocycles. The molecule has 0 saturated carbocycles. The van der Waals surface area contributed by atoms with Gasteiger partial charge in [0.15, 0.2) is 0 Å². The summed E-state index contributed by atoms with van der Waals surface area (Å²) in [6, 6.07) is 10.9. The summed E-state index contributed by atoms with van der Waals surface area (Å²) in [7, 11) is 0. The van der Waals surface area contributed by atoms with Crippen LogP contribution in [0.5, 0.6) is 0 Å². The van der Waals surface area contributed by atoms with E-state index in [-0.39, 0.29) is 36.4 Å². The maximum atomic E-state index is 13.6. The maximum Gasteiger partial charge on any atom is 0.223 e. The smallest absolute Gasteiger partial charge is 0.223 e. The van der Waals surface area contributed by atoms with Crippen molar-refractivity contribution in [3.8, 4) is 0 Å². The van der Waals surface area contributed by atoms with Crippen LogP contribution in [0.25, 0.3) is 0 Å². The molecule has 0 aliphatic rings. The number of carbonyl (C=O) groups is 1. The highest BCUT2D eigenvalue weighted by Gasteiger charge is 2.14. The van der Waals surface area contributed by atoms with Crippen molar-refractivity contribution >= 4 is 5.91 Å². The number of aliphatic hydroxyl groups excluding tert-OH is 1. The Labute approximate surface area is 140 Å². The van der Waals surface area contributed by atoms with Gasteiger partial charge >= 0.3 is 0 Å². The van der Waals surface area contributed by atoms with Gasteiger partial charge in [0.25, 0.3) is 0 Å². The topological polar surface area (TPSA) is 49.3 Å². The zero-order valence-electron chi connectivity index (χ0n) is 13.6. The molecule has 0 bridgehead atoms. The molecule has 1 atom stereocenters. The molecule has 24 heavy (non-hydrogen) atoms. The molecule has 0 aliphatic heterocycles. The maximum absolute atomic E-state index is 13.6. The van der Waals surface area contributed by atoms with E-state index in [0.29, 0.717) is 18.4 Å². The molecule has 0 spiro atoms. The minimum absolute atomic E-state index is 0.138. The largest absolute Gasteiger partial charge is 0.392 e. The number of hydrogen-bond acceptors (Lipinski definition) is 2. The summed E-state index contributed by atoms with van der Waals surface area (Å²) in [6.07, 6.45) is 1.03. The zero-order valence-corrected chi connectivity index (χ0v) is 13.6. The molecule has 2 aromatic carbocycles. The van der Waals surface area contributed by atoms with E-state index in [1.54, 1.807) is 31.2 Å². The third-order valence-corrected chi connectivity index (χ3v) is 4.00. The summed E-state index contributed by atoms with van der Waals surface area (Å²) in [5, 5.41) is 11.8. The van der Waals surface area contributed by atoms with Crippen LogP contribution >= 0.6 is 0 Å². The Morgan fingerprint density at radius 3 is 2.54 bits per heavy atom. The Hall–Kier alpha value is -2.27. The fraction of sp³-hybridized carbons (Fsp3) is 0.316. The summed E-state index contributed by atoms with van der Waals surface area (Å²) >= 11 is 0. The number of halogens is 2. The van der Waals surface area contributed by atoms with Gasteiger partial charge in [0.1, 0.15) is 11.6 Å². The van der Waals surface area contributed by atoms with Crippen molar-refractivity contribution in [3.05, 3.63) is 70.8 Å². The predicted molar refractivity (Wildman–Crippen MR) is 88.1 cm³/mol. The second kappa shape index (κ2) is 8.55. The van der Waals surface area contributed by atoms with Crippen LogP contribution in [-0.2, 0) is 24.4 Å². The van der Waals surface area contributed by atoms with E-state index >= 15 is 0 Å². The number of carbonyl (C=O) groups excluding carboxylic acids is 1. The van der Waals surface area contributed by atoms with Gasteiger partial charge in [-0.05, 0) is 42.2 Å². The normalized spacial score (nSPS) is 12.0. The monoisotopic (exact) mass is 333 g/mol. The highest BCUT2D eigenvalue weighted by atomic mass is 19.1. The first-order chi connectivity index (χ1) is 11.5. The number of aryl methyl sites for hydroxylation is 1. The molecule has 5 heteroatoms. The van der Waals surface area contributed by atoms with E-state index in [4.69, 9.17) is 5.11 Å². The fourth-order valence-electron chi connectivity index (χ4n) is 2.43. The van der Waals surface area contributed by atoms with E-state index < -0.39 is 5.82 Å². The molecule has 0 aromatic heterocycles. The average Bonchev–Trinajstić information content (AvgIpc) is 2.59. The number of rotatable bonds is 7. The van der Waals surface area contributed by atoms with Crippen LogP contribution < -0.4 is 5.32 Å². The minimum atomic E-state index is -0.467. The second-order valence-corrected chi connectivity index (χ2v) is 5.83. The van der Waals surface area contributed by atoms with Crippen molar-refractivity contribution in [3.63, 3.8) is 0 Å². The van der Waals surface area contributed by atoms with Gasteiger partial charge < -0.3 is 10.4 Å². The van der Waals surface area contributed by atoms with E-state index in [0.717, 1.165) is 5.56 Å². The lowest BCUT2D eigenvalue weighted by Gasteiger charge is -2.13. The van der Waals surface area contributed by atoms with Crippen molar-refractivity contribution in [1.29, 1.82) is 0 Å². The molecule has 0 saturated heterocycles. The standard InChI is InChI=1S/C19H21F2NO2/c1-13(6-8-15-4-2-3-5-17(15)20)19(24)22-11-14-7-9-18(21)16(10-14)12-23/h2-5,7,9-10,13,23H,6,8,11-12H2,1H3,(H,22,24). The quantitative estimate of drug-likeness (QED) is 0.816. The van der Waals surface area contributed by atoms with E-state index in [9.17, 15) is 13.6 Å². The lowest BCUT2D eigenvalue weighted by atomic mass is 10.00. The Balaban J connectivity index is 1.84. The first-order valence-corrected chi connectivity index (χ1v) is 7.90.